The highest BCUT2D eigenvalue weighted by atomic mass is 127. The summed E-state index contributed by atoms with van der Waals surface area (Å²) >= 11 is 8.01. The van der Waals surface area contributed by atoms with Crippen molar-refractivity contribution in [1.29, 1.82) is 0 Å². The average Bonchev–Trinajstić information content (AvgIpc) is 2.36. The van der Waals surface area contributed by atoms with Gasteiger partial charge in [-0.2, -0.15) is 0 Å². The Balaban J connectivity index is 2.52. The van der Waals surface area contributed by atoms with Crippen LogP contribution in [0.25, 0.3) is 0 Å². The fourth-order valence-corrected chi connectivity index (χ4v) is 2.67. The Hall–Kier alpha value is -0.720. The third-order valence-electron chi connectivity index (χ3n) is 2.91. The molecule has 0 saturated heterocycles. The van der Waals surface area contributed by atoms with Gasteiger partial charge in [0.1, 0.15) is 11.6 Å². The van der Waals surface area contributed by atoms with Gasteiger partial charge < -0.3 is 5.73 Å². The molecule has 2 rings (SSSR count). The fourth-order valence-electron chi connectivity index (χ4n) is 1.82. The molecule has 0 fully saturated rings. The van der Waals surface area contributed by atoms with Crippen molar-refractivity contribution >= 4 is 34.2 Å². The summed E-state index contributed by atoms with van der Waals surface area (Å²) in [5.41, 5.74) is 7.10. The van der Waals surface area contributed by atoms with Crippen LogP contribution in [0.1, 0.15) is 22.7 Å². The molecule has 0 aliphatic carbocycles. The highest BCUT2D eigenvalue weighted by Gasteiger charge is 2.18. The van der Waals surface area contributed by atoms with Crippen LogP contribution in [-0.2, 0) is 0 Å². The minimum absolute atomic E-state index is 0.128. The fraction of sp³-hybridized carbons (Fsp3) is 0.143. The Kier molecular flexibility index (Phi) is 4.43. The zero-order valence-electron chi connectivity index (χ0n) is 10.1. The van der Waals surface area contributed by atoms with E-state index in [0.717, 1.165) is 15.7 Å². The number of aryl methyl sites for hydroxylation is 1. The molecule has 0 aromatic heterocycles. The molecular weight excluding hydrogens is 383 g/mol. The van der Waals surface area contributed by atoms with Gasteiger partial charge in [-0.3, -0.25) is 0 Å². The summed E-state index contributed by atoms with van der Waals surface area (Å²) < 4.78 is 28.3. The third kappa shape index (κ3) is 3.07. The summed E-state index contributed by atoms with van der Waals surface area (Å²) in [6.07, 6.45) is 0. The smallest absolute Gasteiger partial charge is 0.128 e. The second-order valence-corrected chi connectivity index (χ2v) is 5.87. The van der Waals surface area contributed by atoms with Crippen molar-refractivity contribution in [2.75, 3.05) is 0 Å². The lowest BCUT2D eigenvalue weighted by molar-refractivity contribution is 0.570. The number of hydrogen-bond acceptors (Lipinski definition) is 1. The van der Waals surface area contributed by atoms with Crippen LogP contribution in [0.4, 0.5) is 8.78 Å². The van der Waals surface area contributed by atoms with E-state index >= 15 is 0 Å². The molecule has 1 atom stereocenters. The molecule has 1 nitrogen and oxygen atoms in total. The molecule has 0 bridgehead atoms. The molecular formula is C14H11ClF2IN. The molecule has 0 aliphatic heterocycles. The van der Waals surface area contributed by atoms with Gasteiger partial charge >= 0.3 is 0 Å². The molecule has 0 heterocycles. The van der Waals surface area contributed by atoms with Gasteiger partial charge in [0, 0.05) is 14.2 Å². The van der Waals surface area contributed by atoms with Crippen molar-refractivity contribution in [3.8, 4) is 0 Å². The molecule has 100 valence electrons. The minimum atomic E-state index is -0.749. The Bertz CT molecular complexity index is 631. The maximum absolute atomic E-state index is 13.9. The Morgan fingerprint density at radius 1 is 1.11 bits per heavy atom. The van der Waals surface area contributed by atoms with Gasteiger partial charge in [-0.1, -0.05) is 11.6 Å². The molecule has 2 aromatic rings. The van der Waals surface area contributed by atoms with Gasteiger partial charge in [0.15, 0.2) is 0 Å². The van der Waals surface area contributed by atoms with Crippen molar-refractivity contribution < 1.29 is 8.78 Å². The number of benzene rings is 2. The zero-order valence-corrected chi connectivity index (χ0v) is 13.0. The van der Waals surface area contributed by atoms with Crippen LogP contribution in [0, 0.1) is 22.1 Å². The molecule has 0 saturated carbocycles. The summed E-state index contributed by atoms with van der Waals surface area (Å²) in [7, 11) is 0. The van der Waals surface area contributed by atoms with E-state index in [1.54, 1.807) is 18.2 Å². The van der Waals surface area contributed by atoms with E-state index in [1.165, 1.54) is 6.92 Å². The molecule has 0 radical (unpaired) electrons. The summed E-state index contributed by atoms with van der Waals surface area (Å²) in [6, 6.07) is 6.74. The van der Waals surface area contributed by atoms with Crippen LogP contribution < -0.4 is 5.73 Å². The molecule has 2 aromatic carbocycles. The summed E-state index contributed by atoms with van der Waals surface area (Å²) in [5, 5.41) is 0.513. The van der Waals surface area contributed by atoms with E-state index in [4.69, 9.17) is 17.3 Å². The van der Waals surface area contributed by atoms with Crippen molar-refractivity contribution in [3.05, 3.63) is 67.2 Å². The van der Waals surface area contributed by atoms with Crippen LogP contribution in [0.5, 0.6) is 0 Å². The van der Waals surface area contributed by atoms with Crippen LogP contribution >= 0.6 is 34.2 Å². The maximum atomic E-state index is 13.9. The molecule has 0 amide bonds. The largest absolute Gasteiger partial charge is 0.320 e. The van der Waals surface area contributed by atoms with Crippen LogP contribution in [-0.4, -0.2) is 0 Å². The van der Waals surface area contributed by atoms with E-state index < -0.39 is 17.7 Å². The van der Waals surface area contributed by atoms with E-state index in [1.807, 2.05) is 0 Å². The summed E-state index contributed by atoms with van der Waals surface area (Å²) in [5.74, 6) is -0.980. The summed E-state index contributed by atoms with van der Waals surface area (Å²) in [6.45, 7) is 1.51. The lowest BCUT2D eigenvalue weighted by Crippen LogP contribution is -2.15. The van der Waals surface area contributed by atoms with Gasteiger partial charge in [0.2, 0.25) is 0 Å². The highest BCUT2D eigenvalue weighted by molar-refractivity contribution is 14.1. The van der Waals surface area contributed by atoms with Crippen LogP contribution in [0.15, 0.2) is 30.3 Å². The molecule has 0 spiro atoms. The van der Waals surface area contributed by atoms with Gasteiger partial charge in [-0.25, -0.2) is 8.78 Å². The number of halogens is 4. The number of nitrogens with two attached hydrogens (primary N) is 1. The van der Waals surface area contributed by atoms with Gasteiger partial charge in [-0.05, 0) is 71.0 Å². The highest BCUT2D eigenvalue weighted by Crippen LogP contribution is 2.29. The Labute approximate surface area is 128 Å². The van der Waals surface area contributed by atoms with Crippen molar-refractivity contribution in [2.24, 2.45) is 5.73 Å². The van der Waals surface area contributed by atoms with Crippen LogP contribution in [0.3, 0.4) is 0 Å². The molecule has 19 heavy (non-hydrogen) atoms. The first-order valence-electron chi connectivity index (χ1n) is 5.56. The maximum Gasteiger partial charge on any atom is 0.128 e. The minimum Gasteiger partial charge on any atom is -0.320 e. The quantitative estimate of drug-likeness (QED) is 0.743. The predicted octanol–water partition coefficient (Wildman–Crippen LogP) is 4.58. The van der Waals surface area contributed by atoms with Crippen molar-refractivity contribution in [2.45, 2.75) is 13.0 Å². The zero-order chi connectivity index (χ0) is 14.2. The van der Waals surface area contributed by atoms with Gasteiger partial charge in [-0.15, -0.1) is 0 Å². The lowest BCUT2D eigenvalue weighted by atomic mass is 9.98. The van der Waals surface area contributed by atoms with E-state index in [9.17, 15) is 8.78 Å². The van der Waals surface area contributed by atoms with E-state index in [-0.39, 0.29) is 11.1 Å². The standard InChI is InChI=1S/C14H11ClF2IN/c1-7-4-12(17)9(6-11(7)16)14(19)10-5-8(15)2-3-13(10)18/h2-6,14H,19H2,1H3. The van der Waals surface area contributed by atoms with Gasteiger partial charge in [0.05, 0.1) is 6.04 Å². The topological polar surface area (TPSA) is 26.0 Å². The second kappa shape index (κ2) is 5.73. The number of rotatable bonds is 2. The second-order valence-electron chi connectivity index (χ2n) is 4.27. The molecule has 0 aliphatic rings. The summed E-state index contributed by atoms with van der Waals surface area (Å²) in [4.78, 5) is 0. The SMILES string of the molecule is Cc1cc(F)c(C(N)c2cc(Cl)ccc2I)cc1F. The number of hydrogen-bond donors (Lipinski definition) is 1. The molecule has 5 heteroatoms. The van der Waals surface area contributed by atoms with Crippen LogP contribution in [0.2, 0.25) is 5.02 Å². The van der Waals surface area contributed by atoms with E-state index in [2.05, 4.69) is 22.6 Å². The Morgan fingerprint density at radius 3 is 2.47 bits per heavy atom. The lowest BCUT2D eigenvalue weighted by Gasteiger charge is -2.16. The average molecular weight is 394 g/mol. The van der Waals surface area contributed by atoms with Crippen molar-refractivity contribution in [1.82, 2.24) is 0 Å². The Morgan fingerprint density at radius 2 is 1.79 bits per heavy atom. The first-order chi connectivity index (χ1) is 8.90. The predicted molar refractivity (Wildman–Crippen MR) is 81.3 cm³/mol. The monoisotopic (exact) mass is 393 g/mol. The first kappa shape index (κ1) is 14.7. The van der Waals surface area contributed by atoms with Crippen molar-refractivity contribution in [3.63, 3.8) is 0 Å². The first-order valence-corrected chi connectivity index (χ1v) is 7.02. The third-order valence-corrected chi connectivity index (χ3v) is 4.12. The molecule has 1 unspecified atom stereocenters. The normalized spacial score (nSPS) is 12.5. The van der Waals surface area contributed by atoms with Gasteiger partial charge in [0.25, 0.3) is 0 Å². The van der Waals surface area contributed by atoms with E-state index in [0.29, 0.717) is 10.6 Å². The molecule has 2 N–H and O–H groups in total.